The molecule has 168 valence electrons. The zero-order valence-electron chi connectivity index (χ0n) is 18.6. The summed E-state index contributed by atoms with van der Waals surface area (Å²) >= 11 is 0. The molecule has 1 aliphatic heterocycles. The van der Waals surface area contributed by atoms with Crippen LogP contribution in [0.15, 0.2) is 36.8 Å². The van der Waals surface area contributed by atoms with Crippen molar-refractivity contribution in [3.8, 4) is 5.75 Å². The summed E-state index contributed by atoms with van der Waals surface area (Å²) in [6.07, 6.45) is 3.05. The van der Waals surface area contributed by atoms with Crippen LogP contribution < -0.4 is 15.0 Å². The van der Waals surface area contributed by atoms with E-state index in [-0.39, 0.29) is 12.1 Å². The Morgan fingerprint density at radius 3 is 2.62 bits per heavy atom. The zero-order chi connectivity index (χ0) is 22.8. The highest BCUT2D eigenvalue weighted by atomic mass is 16.6. The lowest BCUT2D eigenvalue weighted by atomic mass is 10.1. The predicted molar refractivity (Wildman–Crippen MR) is 122 cm³/mol. The van der Waals surface area contributed by atoms with Crippen LogP contribution >= 0.6 is 0 Å². The minimum Gasteiger partial charge on any atom is -0.410 e. The third-order valence-corrected chi connectivity index (χ3v) is 5.51. The summed E-state index contributed by atoms with van der Waals surface area (Å²) in [6, 6.07) is 6.55. The van der Waals surface area contributed by atoms with E-state index in [9.17, 15) is 9.59 Å². The van der Waals surface area contributed by atoms with E-state index in [1.165, 1.54) is 4.90 Å². The molecule has 3 amide bonds. The molecule has 1 saturated heterocycles. The number of aryl methyl sites for hydroxylation is 1. The van der Waals surface area contributed by atoms with E-state index >= 15 is 0 Å². The third-order valence-electron chi connectivity index (χ3n) is 5.51. The maximum absolute atomic E-state index is 12.9. The van der Waals surface area contributed by atoms with Crippen LogP contribution in [0.4, 0.5) is 21.1 Å². The maximum Gasteiger partial charge on any atom is 0.414 e. The van der Waals surface area contributed by atoms with Gasteiger partial charge in [-0.25, -0.2) is 19.6 Å². The quantitative estimate of drug-likeness (QED) is 0.652. The van der Waals surface area contributed by atoms with E-state index in [2.05, 4.69) is 25.2 Å². The lowest BCUT2D eigenvalue weighted by Gasteiger charge is -2.40. The standard InChI is InChI=1S/C22H27N7O3/c1-14-11-23-19-18(14)20(25-13-24-19)28-9-10-29(15(2)12-28)21(30)26-16-5-7-17(8-6-16)32-22(31)27(3)4/h5-8,11,13,15H,9-10,12H2,1-4H3,(H,26,30)(H,23,24,25)/t15-/m0/s1. The summed E-state index contributed by atoms with van der Waals surface area (Å²) in [6.45, 7) is 5.97. The van der Waals surface area contributed by atoms with E-state index in [0.29, 0.717) is 31.1 Å². The first-order chi connectivity index (χ1) is 15.3. The fourth-order valence-corrected chi connectivity index (χ4v) is 3.78. The Morgan fingerprint density at radius 2 is 1.94 bits per heavy atom. The molecule has 0 unspecified atom stereocenters. The average Bonchev–Trinajstić information content (AvgIpc) is 3.16. The van der Waals surface area contributed by atoms with Gasteiger partial charge in [0.15, 0.2) is 0 Å². The second kappa shape index (κ2) is 8.74. The third kappa shape index (κ3) is 4.29. The molecule has 1 aliphatic rings. The van der Waals surface area contributed by atoms with Crippen molar-refractivity contribution in [2.75, 3.05) is 43.9 Å². The van der Waals surface area contributed by atoms with Gasteiger partial charge >= 0.3 is 12.1 Å². The van der Waals surface area contributed by atoms with Crippen LogP contribution in [0, 0.1) is 6.92 Å². The van der Waals surface area contributed by atoms with E-state index < -0.39 is 6.09 Å². The summed E-state index contributed by atoms with van der Waals surface area (Å²) in [7, 11) is 3.23. The number of aromatic nitrogens is 3. The molecule has 0 spiro atoms. The summed E-state index contributed by atoms with van der Waals surface area (Å²) < 4.78 is 5.20. The van der Waals surface area contributed by atoms with Crippen molar-refractivity contribution in [1.29, 1.82) is 0 Å². The summed E-state index contributed by atoms with van der Waals surface area (Å²) in [5.41, 5.74) is 2.55. The highest BCUT2D eigenvalue weighted by molar-refractivity contribution is 5.92. The number of benzene rings is 1. The molecule has 0 radical (unpaired) electrons. The van der Waals surface area contributed by atoms with Gasteiger partial charge in [0.1, 0.15) is 23.5 Å². The fraction of sp³-hybridized carbons (Fsp3) is 0.364. The van der Waals surface area contributed by atoms with Gasteiger partial charge in [-0.3, -0.25) is 0 Å². The van der Waals surface area contributed by atoms with Crippen molar-refractivity contribution in [2.45, 2.75) is 19.9 Å². The van der Waals surface area contributed by atoms with Crippen LogP contribution in [-0.4, -0.2) is 76.6 Å². The van der Waals surface area contributed by atoms with E-state index in [4.69, 9.17) is 4.74 Å². The number of aromatic amines is 1. The van der Waals surface area contributed by atoms with Gasteiger partial charge < -0.3 is 29.7 Å². The van der Waals surface area contributed by atoms with E-state index in [1.54, 1.807) is 44.7 Å². The molecule has 3 heterocycles. The molecule has 0 aliphatic carbocycles. The van der Waals surface area contributed by atoms with Gasteiger partial charge in [0.25, 0.3) is 0 Å². The zero-order valence-corrected chi connectivity index (χ0v) is 18.6. The molecule has 10 nitrogen and oxygen atoms in total. The summed E-state index contributed by atoms with van der Waals surface area (Å²) in [5, 5.41) is 3.94. The predicted octanol–water partition coefficient (Wildman–Crippen LogP) is 3.07. The number of rotatable bonds is 3. The average molecular weight is 438 g/mol. The molecule has 1 fully saturated rings. The first kappa shape index (κ1) is 21.4. The van der Waals surface area contributed by atoms with Crippen LogP contribution in [0.25, 0.3) is 11.0 Å². The highest BCUT2D eigenvalue weighted by Gasteiger charge is 2.29. The van der Waals surface area contributed by atoms with Crippen molar-refractivity contribution in [3.63, 3.8) is 0 Å². The van der Waals surface area contributed by atoms with Crippen molar-refractivity contribution in [2.24, 2.45) is 0 Å². The molecule has 2 aromatic heterocycles. The van der Waals surface area contributed by atoms with Gasteiger partial charge in [-0.15, -0.1) is 0 Å². The number of H-pyrrole nitrogens is 1. The van der Waals surface area contributed by atoms with Gasteiger partial charge in [0.2, 0.25) is 0 Å². The number of carbonyl (C=O) groups excluding carboxylic acids is 2. The monoisotopic (exact) mass is 437 g/mol. The van der Waals surface area contributed by atoms with E-state index in [1.807, 2.05) is 24.9 Å². The Labute approximate surface area is 186 Å². The Bertz CT molecular complexity index is 1130. The molecule has 10 heteroatoms. The van der Waals surface area contributed by atoms with Gasteiger partial charge in [0, 0.05) is 51.7 Å². The summed E-state index contributed by atoms with van der Waals surface area (Å²) in [4.78, 5) is 41.9. The van der Waals surface area contributed by atoms with Crippen LogP contribution in [0.1, 0.15) is 12.5 Å². The largest absolute Gasteiger partial charge is 0.414 e. The molecule has 1 atom stereocenters. The van der Waals surface area contributed by atoms with Crippen molar-refractivity contribution in [1.82, 2.24) is 24.8 Å². The first-order valence-electron chi connectivity index (χ1n) is 10.4. The number of amides is 3. The number of anilines is 2. The lowest BCUT2D eigenvalue weighted by Crippen LogP contribution is -2.55. The van der Waals surface area contributed by atoms with Crippen molar-refractivity contribution >= 4 is 34.7 Å². The van der Waals surface area contributed by atoms with Crippen LogP contribution in [0.5, 0.6) is 5.75 Å². The second-order valence-electron chi connectivity index (χ2n) is 8.10. The van der Waals surface area contributed by atoms with Crippen LogP contribution in [-0.2, 0) is 0 Å². The number of fused-ring (bicyclic) bond motifs is 1. The molecule has 1 aromatic carbocycles. The van der Waals surface area contributed by atoms with Crippen LogP contribution in [0.3, 0.4) is 0 Å². The fourth-order valence-electron chi connectivity index (χ4n) is 3.78. The van der Waals surface area contributed by atoms with Gasteiger partial charge in [-0.05, 0) is 43.7 Å². The van der Waals surface area contributed by atoms with Gasteiger partial charge in [-0.1, -0.05) is 0 Å². The molecule has 2 N–H and O–H groups in total. The normalized spacial score (nSPS) is 16.2. The molecule has 3 aromatic rings. The SMILES string of the molecule is Cc1c[nH]c2ncnc(N3CCN(C(=O)Nc4ccc(OC(=O)N(C)C)cc4)[C@@H](C)C3)c12. The number of ether oxygens (including phenoxy) is 1. The minimum atomic E-state index is -0.454. The molecule has 0 bridgehead atoms. The number of nitrogens with one attached hydrogen (secondary N) is 2. The van der Waals surface area contributed by atoms with Gasteiger partial charge in [0.05, 0.1) is 5.39 Å². The Balaban J connectivity index is 1.39. The molecule has 0 saturated carbocycles. The molecule has 4 rings (SSSR count). The van der Waals surface area contributed by atoms with Crippen molar-refractivity contribution < 1.29 is 14.3 Å². The maximum atomic E-state index is 12.9. The van der Waals surface area contributed by atoms with E-state index in [0.717, 1.165) is 22.4 Å². The number of hydrogen-bond acceptors (Lipinski definition) is 6. The smallest absolute Gasteiger partial charge is 0.410 e. The Kier molecular flexibility index (Phi) is 5.85. The number of nitrogens with zero attached hydrogens (tertiary/aromatic N) is 5. The number of hydrogen-bond donors (Lipinski definition) is 2. The van der Waals surface area contributed by atoms with Crippen molar-refractivity contribution in [3.05, 3.63) is 42.4 Å². The molecule has 32 heavy (non-hydrogen) atoms. The Morgan fingerprint density at radius 1 is 1.19 bits per heavy atom. The van der Waals surface area contributed by atoms with Crippen LogP contribution in [0.2, 0.25) is 0 Å². The minimum absolute atomic E-state index is 0.00617. The summed E-state index contributed by atoms with van der Waals surface area (Å²) in [5.74, 6) is 1.31. The highest BCUT2D eigenvalue weighted by Crippen LogP contribution is 2.28. The number of urea groups is 1. The first-order valence-corrected chi connectivity index (χ1v) is 10.4. The number of carbonyl (C=O) groups is 2. The lowest BCUT2D eigenvalue weighted by molar-refractivity contribution is 0.172. The molecular formula is C22H27N7O3. The van der Waals surface area contributed by atoms with Gasteiger partial charge in [-0.2, -0.15) is 0 Å². The molecular weight excluding hydrogens is 410 g/mol. The Hall–Kier alpha value is -3.82. The number of piperazine rings is 1. The second-order valence-corrected chi connectivity index (χ2v) is 8.10. The topological polar surface area (TPSA) is 107 Å².